The predicted molar refractivity (Wildman–Crippen MR) is 108 cm³/mol. The summed E-state index contributed by atoms with van der Waals surface area (Å²) >= 11 is 0. The average molecular weight is 508 g/mol. The topological polar surface area (TPSA) is 144 Å². The van der Waals surface area contributed by atoms with E-state index in [2.05, 4.69) is 0 Å². The summed E-state index contributed by atoms with van der Waals surface area (Å²) in [6.45, 7) is 1.81. The lowest BCUT2D eigenvalue weighted by molar-refractivity contribution is -0.384. The molecule has 188 valence electrons. The third-order valence-electron chi connectivity index (χ3n) is 4.73. The number of hydrogen-bond acceptors (Lipinski definition) is 6. The first-order chi connectivity index (χ1) is 15.9. The van der Waals surface area contributed by atoms with Crippen LogP contribution in [0.15, 0.2) is 36.4 Å². The molecule has 0 heterocycles. The number of nitrogens with one attached hydrogen (secondary N) is 2. The van der Waals surface area contributed by atoms with Gasteiger partial charge in [0.05, 0.1) is 9.85 Å². The largest absolute Gasteiger partial charge is 0.411 e. The Balaban J connectivity index is 3.02. The number of nitro groups is 2. The second-order valence-corrected chi connectivity index (χ2v) is 7.09. The van der Waals surface area contributed by atoms with Gasteiger partial charge in [-0.3, -0.25) is 29.8 Å². The van der Waals surface area contributed by atoms with Gasteiger partial charge in [-0.05, 0) is 23.3 Å². The summed E-state index contributed by atoms with van der Waals surface area (Å²) in [6.07, 6.45) is -12.4. The monoisotopic (exact) mass is 508 g/mol. The molecule has 2 N–H and O–H groups in total. The van der Waals surface area contributed by atoms with Crippen molar-refractivity contribution in [2.45, 2.75) is 31.6 Å². The molecule has 0 saturated heterocycles. The molecule has 16 heteroatoms. The standard InChI is InChI=1S/C19H14F6N4O6/c1-9(30)26-13-5-3-11(7-15(13)28(32)33)17(18(20,21)22,19(23,24)25)12-4-6-14(27-10(2)31)16(8-12)29(34)35/h3-8H,1-2H3,(H,26,30)(H,27,31). The lowest BCUT2D eigenvalue weighted by Gasteiger charge is -2.38. The van der Waals surface area contributed by atoms with Crippen LogP contribution in [0, 0.1) is 20.2 Å². The van der Waals surface area contributed by atoms with Crippen LogP contribution in [-0.2, 0) is 15.0 Å². The molecule has 0 unspecified atom stereocenters. The third-order valence-corrected chi connectivity index (χ3v) is 4.73. The molecule has 0 atom stereocenters. The SMILES string of the molecule is CC(=O)Nc1ccc(C(c2ccc(NC(C)=O)c([N+](=O)[O-])c2)(C(F)(F)F)C(F)(F)F)cc1[N+](=O)[O-]. The van der Waals surface area contributed by atoms with Crippen LogP contribution in [0.3, 0.4) is 0 Å². The number of rotatable bonds is 6. The summed E-state index contributed by atoms with van der Waals surface area (Å²) in [6, 6.07) is 1.49. The van der Waals surface area contributed by atoms with Crippen LogP contribution in [0.25, 0.3) is 0 Å². The van der Waals surface area contributed by atoms with Crippen molar-refractivity contribution in [3.05, 3.63) is 67.8 Å². The second-order valence-electron chi connectivity index (χ2n) is 7.09. The van der Waals surface area contributed by atoms with Crippen LogP contribution in [0.2, 0.25) is 0 Å². The van der Waals surface area contributed by atoms with Crippen molar-refractivity contribution in [3.8, 4) is 0 Å². The molecule has 2 aromatic carbocycles. The number of halogens is 6. The maximum atomic E-state index is 14.3. The lowest BCUT2D eigenvalue weighted by atomic mass is 9.72. The van der Waals surface area contributed by atoms with Gasteiger partial charge in [-0.15, -0.1) is 0 Å². The van der Waals surface area contributed by atoms with E-state index in [9.17, 15) is 56.2 Å². The fourth-order valence-electron chi connectivity index (χ4n) is 3.40. The summed E-state index contributed by atoms with van der Waals surface area (Å²) in [5.41, 5.74) is -12.2. The van der Waals surface area contributed by atoms with Crippen molar-refractivity contribution in [3.63, 3.8) is 0 Å². The van der Waals surface area contributed by atoms with Crippen LogP contribution < -0.4 is 10.6 Å². The summed E-state index contributed by atoms with van der Waals surface area (Å²) in [5.74, 6) is -1.77. The highest BCUT2D eigenvalue weighted by Gasteiger charge is 2.73. The molecule has 0 saturated carbocycles. The molecular formula is C19H14F6N4O6. The van der Waals surface area contributed by atoms with Gasteiger partial charge < -0.3 is 10.6 Å². The van der Waals surface area contributed by atoms with Gasteiger partial charge >= 0.3 is 12.4 Å². The van der Waals surface area contributed by atoms with E-state index in [4.69, 9.17) is 0 Å². The normalized spacial score (nSPS) is 12.1. The summed E-state index contributed by atoms with van der Waals surface area (Å²) in [5, 5.41) is 26.6. The molecule has 0 aliphatic carbocycles. The lowest BCUT2D eigenvalue weighted by Crippen LogP contribution is -2.54. The first-order valence-corrected chi connectivity index (χ1v) is 9.20. The highest BCUT2D eigenvalue weighted by atomic mass is 19.4. The molecule has 0 aliphatic heterocycles. The molecule has 35 heavy (non-hydrogen) atoms. The van der Waals surface area contributed by atoms with E-state index in [-0.39, 0.29) is 24.3 Å². The van der Waals surface area contributed by atoms with Crippen LogP contribution in [0.5, 0.6) is 0 Å². The Kier molecular flexibility index (Phi) is 7.09. The fourth-order valence-corrected chi connectivity index (χ4v) is 3.40. The Labute approximate surface area is 191 Å². The van der Waals surface area contributed by atoms with E-state index in [1.54, 1.807) is 0 Å². The Morgan fingerprint density at radius 3 is 1.26 bits per heavy atom. The smallest absolute Gasteiger partial charge is 0.321 e. The number of hydrogen-bond donors (Lipinski definition) is 2. The maximum absolute atomic E-state index is 14.3. The van der Waals surface area contributed by atoms with Gasteiger partial charge in [0.25, 0.3) is 11.4 Å². The van der Waals surface area contributed by atoms with Gasteiger partial charge in [-0.25, -0.2) is 0 Å². The van der Waals surface area contributed by atoms with Crippen molar-refractivity contribution in [2.75, 3.05) is 10.6 Å². The molecule has 0 spiro atoms. The number of amides is 2. The van der Waals surface area contributed by atoms with Gasteiger partial charge in [-0.1, -0.05) is 12.1 Å². The Morgan fingerprint density at radius 1 is 0.714 bits per heavy atom. The molecule has 0 fully saturated rings. The van der Waals surface area contributed by atoms with Crippen molar-refractivity contribution in [2.24, 2.45) is 0 Å². The zero-order chi connectivity index (χ0) is 26.9. The van der Waals surface area contributed by atoms with E-state index in [0.29, 0.717) is 12.1 Å². The van der Waals surface area contributed by atoms with E-state index >= 15 is 0 Å². The summed E-state index contributed by atoms with van der Waals surface area (Å²) in [7, 11) is 0. The first kappa shape index (κ1) is 27.0. The van der Waals surface area contributed by atoms with Gasteiger partial charge in [0.2, 0.25) is 17.2 Å². The number of carbonyl (C=O) groups is 2. The summed E-state index contributed by atoms with van der Waals surface area (Å²) in [4.78, 5) is 42.6. The van der Waals surface area contributed by atoms with Crippen LogP contribution in [0.1, 0.15) is 25.0 Å². The minimum atomic E-state index is -6.21. The predicted octanol–water partition coefficient (Wildman–Crippen LogP) is 4.83. The number of anilines is 2. The van der Waals surface area contributed by atoms with Crippen molar-refractivity contribution < 1.29 is 45.8 Å². The highest BCUT2D eigenvalue weighted by Crippen LogP contribution is 2.57. The van der Waals surface area contributed by atoms with E-state index in [1.807, 2.05) is 10.6 Å². The van der Waals surface area contributed by atoms with Gasteiger partial charge in [-0.2, -0.15) is 26.3 Å². The van der Waals surface area contributed by atoms with Crippen LogP contribution >= 0.6 is 0 Å². The molecule has 0 aliphatic rings. The average Bonchev–Trinajstić information content (AvgIpc) is 2.67. The van der Waals surface area contributed by atoms with Gasteiger partial charge in [0.1, 0.15) is 11.4 Å². The summed E-state index contributed by atoms with van der Waals surface area (Å²) < 4.78 is 86.0. The molecule has 2 aromatic rings. The van der Waals surface area contributed by atoms with E-state index in [0.717, 1.165) is 13.8 Å². The van der Waals surface area contributed by atoms with Crippen molar-refractivity contribution >= 4 is 34.6 Å². The number of carbonyl (C=O) groups excluding carboxylic acids is 2. The molecule has 0 bridgehead atoms. The second kappa shape index (κ2) is 9.19. The van der Waals surface area contributed by atoms with Gasteiger partial charge in [0.15, 0.2) is 0 Å². The minimum absolute atomic E-state index is 0.0141. The first-order valence-electron chi connectivity index (χ1n) is 9.20. The van der Waals surface area contributed by atoms with E-state index < -0.39 is 73.3 Å². The number of alkyl halides is 6. The van der Waals surface area contributed by atoms with Crippen LogP contribution in [-0.4, -0.2) is 34.0 Å². The fraction of sp³-hybridized carbons (Fsp3) is 0.263. The van der Waals surface area contributed by atoms with Gasteiger partial charge in [0, 0.05) is 26.0 Å². The molecule has 0 radical (unpaired) electrons. The number of benzene rings is 2. The Hall–Kier alpha value is -4.24. The molecule has 2 rings (SSSR count). The molecule has 10 nitrogen and oxygen atoms in total. The molecule has 2 amide bonds. The zero-order valence-electron chi connectivity index (χ0n) is 17.6. The molecule has 0 aromatic heterocycles. The van der Waals surface area contributed by atoms with Crippen LogP contribution in [0.4, 0.5) is 49.1 Å². The minimum Gasteiger partial charge on any atom is -0.321 e. The Morgan fingerprint density at radius 2 is 1.03 bits per heavy atom. The van der Waals surface area contributed by atoms with E-state index in [1.165, 1.54) is 0 Å². The number of nitrogens with zero attached hydrogens (tertiary/aromatic N) is 2. The Bertz CT molecular complexity index is 1120. The zero-order valence-corrected chi connectivity index (χ0v) is 17.6. The molecular weight excluding hydrogens is 494 g/mol. The quantitative estimate of drug-likeness (QED) is 0.325. The third kappa shape index (κ3) is 4.99. The number of nitro benzene ring substituents is 2. The van der Waals surface area contributed by atoms with Crippen molar-refractivity contribution in [1.29, 1.82) is 0 Å². The maximum Gasteiger partial charge on any atom is 0.411 e. The van der Waals surface area contributed by atoms with Crippen molar-refractivity contribution in [1.82, 2.24) is 0 Å². The highest BCUT2D eigenvalue weighted by molar-refractivity contribution is 5.92.